The van der Waals surface area contributed by atoms with Crippen molar-refractivity contribution in [1.29, 1.82) is 0 Å². The number of hydrogen-bond acceptors (Lipinski definition) is 4. The summed E-state index contributed by atoms with van der Waals surface area (Å²) in [5.74, 6) is 0.102. The SMILES string of the molecule is COc1ccc(C)cc1N(CC(=O)N1c2ccccc2C[C@H]1C)S(=O)(=O)c1ccc(C)cc1. The van der Waals surface area contributed by atoms with Crippen molar-refractivity contribution >= 4 is 27.3 Å². The van der Waals surface area contributed by atoms with Gasteiger partial charge in [0.25, 0.3) is 10.0 Å². The predicted molar refractivity (Wildman–Crippen MR) is 131 cm³/mol. The number of nitrogens with zero attached hydrogens (tertiary/aromatic N) is 2. The highest BCUT2D eigenvalue weighted by Gasteiger charge is 2.35. The van der Waals surface area contributed by atoms with Crippen LogP contribution in [-0.4, -0.2) is 34.0 Å². The van der Waals surface area contributed by atoms with Gasteiger partial charge in [0, 0.05) is 11.7 Å². The Morgan fingerprint density at radius 2 is 1.70 bits per heavy atom. The van der Waals surface area contributed by atoms with Gasteiger partial charge in [-0.25, -0.2) is 8.42 Å². The summed E-state index contributed by atoms with van der Waals surface area (Å²) in [7, 11) is -2.54. The molecule has 0 unspecified atom stereocenters. The average molecular weight is 465 g/mol. The molecule has 0 bridgehead atoms. The van der Waals surface area contributed by atoms with Gasteiger partial charge in [0.1, 0.15) is 12.3 Å². The number of methoxy groups -OCH3 is 1. The fourth-order valence-corrected chi connectivity index (χ4v) is 5.69. The molecule has 1 aliphatic heterocycles. The van der Waals surface area contributed by atoms with Gasteiger partial charge in [0.2, 0.25) is 5.91 Å². The highest BCUT2D eigenvalue weighted by atomic mass is 32.2. The van der Waals surface area contributed by atoms with E-state index in [2.05, 4.69) is 0 Å². The molecule has 0 fully saturated rings. The van der Waals surface area contributed by atoms with E-state index in [-0.39, 0.29) is 23.4 Å². The predicted octanol–water partition coefficient (Wildman–Crippen LogP) is 4.49. The van der Waals surface area contributed by atoms with E-state index >= 15 is 0 Å². The number of benzene rings is 3. The molecule has 33 heavy (non-hydrogen) atoms. The molecule has 0 N–H and O–H groups in total. The van der Waals surface area contributed by atoms with Crippen molar-refractivity contribution in [3.63, 3.8) is 0 Å². The van der Waals surface area contributed by atoms with E-state index in [1.165, 1.54) is 11.4 Å². The lowest BCUT2D eigenvalue weighted by Gasteiger charge is -2.29. The fourth-order valence-electron chi connectivity index (χ4n) is 4.28. The minimum atomic E-state index is -4.03. The maximum Gasteiger partial charge on any atom is 0.264 e. The quantitative estimate of drug-likeness (QED) is 0.539. The Morgan fingerprint density at radius 3 is 2.39 bits per heavy atom. The number of carbonyl (C=O) groups excluding carboxylic acids is 1. The molecule has 1 amide bonds. The number of ether oxygens (including phenoxy) is 1. The number of rotatable bonds is 6. The topological polar surface area (TPSA) is 66.9 Å². The summed E-state index contributed by atoms with van der Waals surface area (Å²) in [5.41, 5.74) is 4.07. The van der Waals surface area contributed by atoms with Gasteiger partial charge in [-0.2, -0.15) is 0 Å². The molecule has 4 rings (SSSR count). The van der Waals surface area contributed by atoms with E-state index < -0.39 is 10.0 Å². The van der Waals surface area contributed by atoms with Gasteiger partial charge in [-0.1, -0.05) is 42.0 Å². The Morgan fingerprint density at radius 1 is 1.03 bits per heavy atom. The number of amides is 1. The number of aryl methyl sites for hydroxylation is 2. The molecule has 3 aromatic rings. The monoisotopic (exact) mass is 464 g/mol. The third kappa shape index (κ3) is 4.33. The van der Waals surface area contributed by atoms with Crippen molar-refractivity contribution in [1.82, 2.24) is 0 Å². The second-order valence-electron chi connectivity index (χ2n) is 8.45. The molecule has 1 aliphatic rings. The van der Waals surface area contributed by atoms with Crippen molar-refractivity contribution in [2.75, 3.05) is 22.9 Å². The van der Waals surface area contributed by atoms with E-state index in [4.69, 9.17) is 4.74 Å². The number of para-hydroxylation sites is 1. The van der Waals surface area contributed by atoms with Crippen LogP contribution in [0.1, 0.15) is 23.6 Å². The van der Waals surface area contributed by atoms with Crippen molar-refractivity contribution in [3.05, 3.63) is 83.4 Å². The van der Waals surface area contributed by atoms with E-state index in [0.29, 0.717) is 11.4 Å². The normalized spacial score (nSPS) is 15.3. The van der Waals surface area contributed by atoms with Gasteiger partial charge < -0.3 is 9.64 Å². The Labute approximate surface area is 195 Å². The summed E-state index contributed by atoms with van der Waals surface area (Å²) < 4.78 is 34.3. The van der Waals surface area contributed by atoms with Crippen LogP contribution in [0.4, 0.5) is 11.4 Å². The summed E-state index contributed by atoms with van der Waals surface area (Å²) in [4.78, 5) is 15.4. The summed E-state index contributed by atoms with van der Waals surface area (Å²) in [5, 5.41) is 0. The molecular formula is C26H28N2O4S. The van der Waals surface area contributed by atoms with Gasteiger partial charge in [0.15, 0.2) is 0 Å². The van der Waals surface area contributed by atoms with E-state index in [9.17, 15) is 13.2 Å². The minimum Gasteiger partial charge on any atom is -0.495 e. The molecule has 172 valence electrons. The van der Waals surface area contributed by atoms with Crippen LogP contribution in [0.3, 0.4) is 0 Å². The molecule has 0 spiro atoms. The minimum absolute atomic E-state index is 0.0572. The first-order valence-electron chi connectivity index (χ1n) is 10.9. The molecular weight excluding hydrogens is 436 g/mol. The second-order valence-corrected chi connectivity index (χ2v) is 10.3. The standard InChI is InChI=1S/C26H28N2O4S/c1-18-9-12-22(13-10-18)33(30,31)27(24-15-19(2)11-14-25(24)32-4)17-26(29)28-20(3)16-21-7-5-6-8-23(21)28/h5-15,20H,16-17H2,1-4H3/t20-/m1/s1. The molecule has 0 aromatic heterocycles. The zero-order chi connectivity index (χ0) is 23.8. The van der Waals surface area contributed by atoms with Crippen molar-refractivity contribution in [3.8, 4) is 5.75 Å². The van der Waals surface area contributed by atoms with E-state index in [1.807, 2.05) is 51.1 Å². The van der Waals surface area contributed by atoms with Gasteiger partial charge in [0.05, 0.1) is 17.7 Å². The highest BCUT2D eigenvalue weighted by molar-refractivity contribution is 7.92. The molecule has 7 heteroatoms. The van der Waals surface area contributed by atoms with Gasteiger partial charge >= 0.3 is 0 Å². The van der Waals surface area contributed by atoms with Crippen LogP contribution in [0.15, 0.2) is 71.6 Å². The first kappa shape index (κ1) is 22.9. The van der Waals surface area contributed by atoms with Gasteiger partial charge in [-0.05, 0) is 68.7 Å². The van der Waals surface area contributed by atoms with Gasteiger partial charge in [-0.3, -0.25) is 9.10 Å². The molecule has 0 saturated heterocycles. The van der Waals surface area contributed by atoms with Crippen LogP contribution < -0.4 is 13.9 Å². The van der Waals surface area contributed by atoms with Crippen molar-refractivity contribution < 1.29 is 17.9 Å². The van der Waals surface area contributed by atoms with E-state index in [0.717, 1.165) is 28.8 Å². The maximum absolute atomic E-state index is 13.8. The summed E-state index contributed by atoms with van der Waals surface area (Å²) in [6.07, 6.45) is 0.736. The maximum atomic E-state index is 13.8. The molecule has 1 heterocycles. The fraction of sp³-hybridized carbons (Fsp3) is 0.269. The molecule has 0 radical (unpaired) electrons. The third-order valence-corrected chi connectivity index (χ3v) is 7.74. The average Bonchev–Trinajstić information content (AvgIpc) is 3.13. The highest BCUT2D eigenvalue weighted by Crippen LogP contribution is 2.36. The van der Waals surface area contributed by atoms with Crippen molar-refractivity contribution in [2.24, 2.45) is 0 Å². The van der Waals surface area contributed by atoms with Crippen LogP contribution in [0.5, 0.6) is 5.75 Å². The largest absolute Gasteiger partial charge is 0.495 e. The number of sulfonamides is 1. The summed E-state index contributed by atoms with van der Waals surface area (Å²) in [6.45, 7) is 5.41. The van der Waals surface area contributed by atoms with Crippen LogP contribution >= 0.6 is 0 Å². The van der Waals surface area contributed by atoms with Crippen LogP contribution in [-0.2, 0) is 21.2 Å². The molecule has 0 saturated carbocycles. The summed E-state index contributed by atoms with van der Waals surface area (Å²) in [6, 6.07) is 19.6. The number of fused-ring (bicyclic) bond motifs is 1. The Balaban J connectivity index is 1.79. The summed E-state index contributed by atoms with van der Waals surface area (Å²) >= 11 is 0. The first-order valence-corrected chi connectivity index (χ1v) is 12.3. The zero-order valence-corrected chi connectivity index (χ0v) is 20.1. The van der Waals surface area contributed by atoms with Crippen LogP contribution in [0, 0.1) is 13.8 Å². The lowest BCUT2D eigenvalue weighted by Crippen LogP contribution is -2.45. The Hall–Kier alpha value is -3.32. The Bertz CT molecular complexity index is 1290. The third-order valence-electron chi connectivity index (χ3n) is 5.97. The number of anilines is 2. The zero-order valence-electron chi connectivity index (χ0n) is 19.3. The number of hydrogen-bond donors (Lipinski definition) is 0. The smallest absolute Gasteiger partial charge is 0.264 e. The van der Waals surface area contributed by atoms with Crippen LogP contribution in [0.25, 0.3) is 0 Å². The second kappa shape index (κ2) is 8.90. The molecule has 1 atom stereocenters. The number of carbonyl (C=O) groups is 1. The molecule has 6 nitrogen and oxygen atoms in total. The molecule has 0 aliphatic carbocycles. The lowest BCUT2D eigenvalue weighted by atomic mass is 10.1. The van der Waals surface area contributed by atoms with E-state index in [1.54, 1.807) is 41.3 Å². The Kier molecular flexibility index (Phi) is 6.17. The lowest BCUT2D eigenvalue weighted by molar-refractivity contribution is -0.117. The van der Waals surface area contributed by atoms with Crippen molar-refractivity contribution in [2.45, 2.75) is 38.1 Å². The van der Waals surface area contributed by atoms with Gasteiger partial charge in [-0.15, -0.1) is 0 Å². The first-order chi connectivity index (χ1) is 15.7. The van der Waals surface area contributed by atoms with Crippen LogP contribution in [0.2, 0.25) is 0 Å². The molecule has 3 aromatic carbocycles.